The van der Waals surface area contributed by atoms with Crippen LogP contribution in [0.3, 0.4) is 0 Å². The van der Waals surface area contributed by atoms with Crippen LogP contribution in [0.2, 0.25) is 0 Å². The normalized spacial score (nSPS) is 10.5. The van der Waals surface area contributed by atoms with Gasteiger partial charge in [0.15, 0.2) is 0 Å². The third kappa shape index (κ3) is 4.54. The Kier molecular flexibility index (Phi) is 6.03. The molecule has 0 saturated heterocycles. The van der Waals surface area contributed by atoms with Crippen LogP contribution in [-0.4, -0.2) is 22.2 Å². The summed E-state index contributed by atoms with van der Waals surface area (Å²) in [5.74, 6) is 1.46. The first kappa shape index (κ1) is 20.9. The summed E-state index contributed by atoms with van der Waals surface area (Å²) in [5, 5.41) is 10.7. The van der Waals surface area contributed by atoms with Gasteiger partial charge in [0.25, 0.3) is 0 Å². The first-order chi connectivity index (χ1) is 15.6. The van der Waals surface area contributed by atoms with Gasteiger partial charge >= 0.3 is 0 Å². The van der Waals surface area contributed by atoms with Gasteiger partial charge in [0.05, 0.1) is 12.8 Å². The highest BCUT2D eigenvalue weighted by Gasteiger charge is 2.15. The predicted molar refractivity (Wildman–Crippen MR) is 126 cm³/mol. The van der Waals surface area contributed by atoms with Gasteiger partial charge in [0, 0.05) is 23.4 Å². The molecule has 0 unspecified atom stereocenters. The van der Waals surface area contributed by atoms with Crippen molar-refractivity contribution in [3.63, 3.8) is 0 Å². The fraction of sp³-hybridized carbons (Fsp3) is 0.0769. The number of rotatable bonds is 7. The number of hydrogen-bond acceptors (Lipinski definition) is 6. The molecule has 0 amide bonds. The van der Waals surface area contributed by atoms with Gasteiger partial charge < -0.3 is 20.3 Å². The fourth-order valence-electron chi connectivity index (χ4n) is 3.30. The first-order valence-electron chi connectivity index (χ1n) is 10.0. The zero-order valence-electron chi connectivity index (χ0n) is 17.7. The Labute approximate surface area is 186 Å². The lowest BCUT2D eigenvalue weighted by molar-refractivity contribution is 0.304. The molecule has 0 fully saturated rings. The molecule has 6 nitrogen and oxygen atoms in total. The minimum atomic E-state index is 0.0392. The van der Waals surface area contributed by atoms with E-state index in [-0.39, 0.29) is 11.7 Å². The van der Waals surface area contributed by atoms with E-state index in [0.29, 0.717) is 23.6 Å². The number of nitrogen functional groups attached to an aromatic ring is 1. The van der Waals surface area contributed by atoms with Gasteiger partial charge in [-0.1, -0.05) is 49.1 Å². The smallest absolute Gasteiger partial charge is 0.220 e. The van der Waals surface area contributed by atoms with Crippen LogP contribution < -0.4 is 15.2 Å². The minimum Gasteiger partial charge on any atom is -0.507 e. The lowest BCUT2D eigenvalue weighted by atomic mass is 10.00. The molecule has 0 saturated carbocycles. The van der Waals surface area contributed by atoms with Crippen LogP contribution in [0, 0.1) is 0 Å². The summed E-state index contributed by atoms with van der Waals surface area (Å²) in [6.07, 6.45) is 3.44. The topological polar surface area (TPSA) is 90.5 Å². The van der Waals surface area contributed by atoms with Crippen molar-refractivity contribution in [1.82, 2.24) is 9.97 Å². The van der Waals surface area contributed by atoms with E-state index in [1.807, 2.05) is 48.5 Å². The average Bonchev–Trinajstić information content (AvgIpc) is 2.83. The summed E-state index contributed by atoms with van der Waals surface area (Å²) in [6.45, 7) is 4.14. The van der Waals surface area contributed by atoms with Gasteiger partial charge in [-0.15, -0.1) is 0 Å². The summed E-state index contributed by atoms with van der Waals surface area (Å²) in [5.41, 5.74) is 10.6. The Bertz CT molecular complexity index is 1240. The second kappa shape index (κ2) is 9.22. The predicted octanol–water partition coefficient (Wildman–Crippen LogP) is 5.33. The maximum Gasteiger partial charge on any atom is 0.220 e. The van der Waals surface area contributed by atoms with E-state index in [0.717, 1.165) is 28.0 Å². The highest BCUT2D eigenvalue weighted by Crippen LogP contribution is 2.37. The molecule has 0 aliphatic carbocycles. The number of methoxy groups -OCH3 is 1. The zero-order valence-corrected chi connectivity index (χ0v) is 17.7. The summed E-state index contributed by atoms with van der Waals surface area (Å²) in [4.78, 5) is 8.52. The second-order valence-electron chi connectivity index (χ2n) is 7.13. The van der Waals surface area contributed by atoms with E-state index >= 15 is 0 Å². The molecule has 0 aliphatic rings. The highest BCUT2D eigenvalue weighted by atomic mass is 16.5. The van der Waals surface area contributed by atoms with Gasteiger partial charge in [0.2, 0.25) is 5.95 Å². The Hall–Kier alpha value is -4.32. The van der Waals surface area contributed by atoms with E-state index < -0.39 is 0 Å². The van der Waals surface area contributed by atoms with Crippen LogP contribution in [0.15, 0.2) is 79.5 Å². The molecule has 0 atom stereocenters. The molecule has 6 heteroatoms. The Balaban J connectivity index is 1.60. The van der Waals surface area contributed by atoms with Crippen molar-refractivity contribution in [2.24, 2.45) is 0 Å². The number of anilines is 1. The van der Waals surface area contributed by atoms with Crippen molar-refractivity contribution in [1.29, 1.82) is 0 Å². The first-order valence-corrected chi connectivity index (χ1v) is 10.0. The van der Waals surface area contributed by atoms with Crippen molar-refractivity contribution >= 4 is 12.0 Å². The number of nitrogens with two attached hydrogens (primary N) is 1. The molecule has 32 heavy (non-hydrogen) atoms. The van der Waals surface area contributed by atoms with Crippen LogP contribution in [-0.2, 0) is 6.61 Å². The van der Waals surface area contributed by atoms with Gasteiger partial charge in [0.1, 0.15) is 23.9 Å². The molecule has 1 aromatic heterocycles. The number of ether oxygens (including phenoxy) is 2. The van der Waals surface area contributed by atoms with E-state index in [9.17, 15) is 5.11 Å². The maximum absolute atomic E-state index is 10.7. The lowest BCUT2D eigenvalue weighted by Crippen LogP contribution is -1.99. The number of nitrogens with zero attached hydrogens (tertiary/aromatic N) is 2. The monoisotopic (exact) mass is 425 g/mol. The van der Waals surface area contributed by atoms with Crippen LogP contribution in [0.25, 0.3) is 28.5 Å². The minimum absolute atomic E-state index is 0.0392. The van der Waals surface area contributed by atoms with Gasteiger partial charge in [-0.2, -0.15) is 0 Å². The number of phenolic OH excluding ortho intramolecular Hbond substituents is 1. The van der Waals surface area contributed by atoms with Gasteiger partial charge in [-0.3, -0.25) is 0 Å². The quantitative estimate of drug-likeness (QED) is 0.416. The fourth-order valence-corrected chi connectivity index (χ4v) is 3.30. The molecule has 0 aliphatic heterocycles. The molecule has 0 radical (unpaired) electrons. The van der Waals surface area contributed by atoms with Crippen LogP contribution in [0.1, 0.15) is 11.1 Å². The average molecular weight is 425 g/mol. The molecule has 0 spiro atoms. The Morgan fingerprint density at radius 3 is 2.34 bits per heavy atom. The number of aromatic nitrogens is 2. The second-order valence-corrected chi connectivity index (χ2v) is 7.13. The summed E-state index contributed by atoms with van der Waals surface area (Å²) in [6, 6.07) is 20.6. The van der Waals surface area contributed by atoms with E-state index in [1.165, 1.54) is 0 Å². The van der Waals surface area contributed by atoms with Crippen LogP contribution in [0.5, 0.6) is 17.2 Å². The molecule has 1 heterocycles. The van der Waals surface area contributed by atoms with Crippen molar-refractivity contribution < 1.29 is 14.6 Å². The SMILES string of the molecule is C=Cc1ccc(COc2ccc(-c3nc(N)ncc3-c3ccc(OC)cc3)c(O)c2)cc1. The number of hydrogen-bond donors (Lipinski definition) is 2. The van der Waals surface area contributed by atoms with Crippen molar-refractivity contribution in [2.45, 2.75) is 6.61 Å². The van der Waals surface area contributed by atoms with E-state index in [4.69, 9.17) is 15.2 Å². The van der Waals surface area contributed by atoms with Crippen LogP contribution in [0.4, 0.5) is 5.95 Å². The molecule has 4 rings (SSSR count). The highest BCUT2D eigenvalue weighted by molar-refractivity contribution is 5.83. The van der Waals surface area contributed by atoms with Crippen molar-refractivity contribution in [2.75, 3.05) is 12.8 Å². The number of benzene rings is 3. The van der Waals surface area contributed by atoms with Crippen molar-refractivity contribution in [3.05, 3.63) is 90.6 Å². The van der Waals surface area contributed by atoms with E-state index in [1.54, 1.807) is 37.6 Å². The number of phenols is 1. The Morgan fingerprint density at radius 1 is 0.969 bits per heavy atom. The molecule has 160 valence electrons. The summed E-state index contributed by atoms with van der Waals surface area (Å²) < 4.78 is 11.1. The number of aromatic hydroxyl groups is 1. The maximum atomic E-state index is 10.7. The van der Waals surface area contributed by atoms with E-state index in [2.05, 4.69) is 16.5 Å². The third-order valence-electron chi connectivity index (χ3n) is 5.05. The molecular weight excluding hydrogens is 402 g/mol. The largest absolute Gasteiger partial charge is 0.507 e. The van der Waals surface area contributed by atoms with Gasteiger partial charge in [-0.25, -0.2) is 9.97 Å². The Morgan fingerprint density at radius 2 is 1.69 bits per heavy atom. The molecule has 3 aromatic carbocycles. The summed E-state index contributed by atoms with van der Waals surface area (Å²) in [7, 11) is 1.62. The molecular formula is C26H23N3O3. The summed E-state index contributed by atoms with van der Waals surface area (Å²) >= 11 is 0. The van der Waals surface area contributed by atoms with Gasteiger partial charge in [-0.05, 0) is 41.0 Å². The van der Waals surface area contributed by atoms with Crippen molar-refractivity contribution in [3.8, 4) is 39.6 Å². The zero-order chi connectivity index (χ0) is 22.5. The molecule has 4 aromatic rings. The van der Waals surface area contributed by atoms with Crippen LogP contribution >= 0.6 is 0 Å². The standard InChI is InChI=1S/C26H23N3O3/c1-3-17-4-6-18(7-5-17)16-32-21-12-13-22(24(30)14-21)25-23(15-28-26(27)29-25)19-8-10-20(31-2)11-9-19/h3-15,30H,1,16H2,2H3,(H2,27,28,29). The molecule has 0 bridgehead atoms. The lowest BCUT2D eigenvalue weighted by Gasteiger charge is -2.13. The molecule has 3 N–H and O–H groups in total. The third-order valence-corrected chi connectivity index (χ3v) is 5.05.